The van der Waals surface area contributed by atoms with Crippen LogP contribution < -0.4 is 0 Å². The van der Waals surface area contributed by atoms with Gasteiger partial charge in [0.2, 0.25) is 10.0 Å². The first-order valence-electron chi connectivity index (χ1n) is 6.20. The zero-order valence-corrected chi connectivity index (χ0v) is 12.2. The molecule has 3 nitrogen and oxygen atoms in total. The van der Waals surface area contributed by atoms with Gasteiger partial charge in [-0.05, 0) is 37.0 Å². The van der Waals surface area contributed by atoms with Crippen LogP contribution in [0.15, 0.2) is 29.2 Å². The summed E-state index contributed by atoms with van der Waals surface area (Å²) in [4.78, 5) is 0.294. The van der Waals surface area contributed by atoms with Crippen LogP contribution in [0, 0.1) is 5.92 Å². The number of hydrogen-bond acceptors (Lipinski definition) is 2. The topological polar surface area (TPSA) is 37.4 Å². The summed E-state index contributed by atoms with van der Waals surface area (Å²) < 4.78 is 26.8. The Kier molecular flexibility index (Phi) is 3.99. The molecule has 2 rings (SSSR count). The summed E-state index contributed by atoms with van der Waals surface area (Å²) in [7, 11) is -3.41. The van der Waals surface area contributed by atoms with E-state index >= 15 is 0 Å². The predicted molar refractivity (Wildman–Crippen MR) is 73.2 cm³/mol. The third kappa shape index (κ3) is 2.56. The molecule has 0 amide bonds. The van der Waals surface area contributed by atoms with Crippen molar-refractivity contribution < 1.29 is 8.42 Å². The van der Waals surface area contributed by atoms with Crippen LogP contribution in [0.4, 0.5) is 0 Å². The maximum atomic E-state index is 12.6. The molecule has 1 aliphatic heterocycles. The molecular weight excluding hydrogens is 270 g/mol. The van der Waals surface area contributed by atoms with Gasteiger partial charge < -0.3 is 0 Å². The van der Waals surface area contributed by atoms with Crippen molar-refractivity contribution in [2.45, 2.75) is 37.6 Å². The standard InChI is InChI=1S/C13H18ClNO2S/c1-10(2)13-7-4-8-15(13)18(16,17)12-6-3-5-11(14)9-12/h3,5-6,9-10,13H,4,7-8H2,1-2H3. The number of rotatable bonds is 3. The van der Waals surface area contributed by atoms with Crippen molar-refractivity contribution >= 4 is 21.6 Å². The van der Waals surface area contributed by atoms with E-state index in [0.29, 0.717) is 22.4 Å². The Morgan fingerprint density at radius 2 is 2.11 bits per heavy atom. The minimum absolute atomic E-state index is 0.106. The van der Waals surface area contributed by atoms with Gasteiger partial charge in [-0.2, -0.15) is 4.31 Å². The number of hydrogen-bond donors (Lipinski definition) is 0. The van der Waals surface area contributed by atoms with Crippen LogP contribution in [0.2, 0.25) is 5.02 Å². The second kappa shape index (κ2) is 5.19. The van der Waals surface area contributed by atoms with E-state index in [1.54, 1.807) is 22.5 Å². The molecule has 1 aromatic rings. The lowest BCUT2D eigenvalue weighted by atomic mass is 10.0. The Bertz CT molecular complexity index is 528. The first kappa shape index (κ1) is 13.8. The van der Waals surface area contributed by atoms with Crippen molar-refractivity contribution in [2.75, 3.05) is 6.54 Å². The molecule has 100 valence electrons. The number of benzene rings is 1. The van der Waals surface area contributed by atoms with E-state index in [1.807, 2.05) is 0 Å². The third-order valence-corrected chi connectivity index (χ3v) is 5.58. The predicted octanol–water partition coefficient (Wildman–Crippen LogP) is 3.15. The molecule has 0 saturated carbocycles. The zero-order valence-electron chi connectivity index (χ0n) is 10.6. The summed E-state index contributed by atoms with van der Waals surface area (Å²) in [5.41, 5.74) is 0. The van der Waals surface area contributed by atoms with E-state index in [4.69, 9.17) is 11.6 Å². The highest BCUT2D eigenvalue weighted by Gasteiger charge is 2.36. The van der Waals surface area contributed by atoms with Gasteiger partial charge in [-0.3, -0.25) is 0 Å². The fraction of sp³-hybridized carbons (Fsp3) is 0.538. The molecule has 1 aromatic carbocycles. The fourth-order valence-corrected chi connectivity index (χ4v) is 4.62. The molecule has 1 saturated heterocycles. The quantitative estimate of drug-likeness (QED) is 0.856. The van der Waals surface area contributed by atoms with Crippen LogP contribution in [0.5, 0.6) is 0 Å². The summed E-state index contributed by atoms with van der Waals surface area (Å²) in [6.45, 7) is 4.74. The van der Waals surface area contributed by atoms with Gasteiger partial charge in [-0.1, -0.05) is 31.5 Å². The molecule has 0 aliphatic carbocycles. The largest absolute Gasteiger partial charge is 0.243 e. The maximum Gasteiger partial charge on any atom is 0.243 e. The molecule has 0 aromatic heterocycles. The Hall–Kier alpha value is -0.580. The third-order valence-electron chi connectivity index (χ3n) is 3.42. The van der Waals surface area contributed by atoms with Gasteiger partial charge in [-0.25, -0.2) is 8.42 Å². The Morgan fingerprint density at radius 1 is 1.39 bits per heavy atom. The highest BCUT2D eigenvalue weighted by molar-refractivity contribution is 7.89. The Morgan fingerprint density at radius 3 is 2.72 bits per heavy atom. The molecule has 5 heteroatoms. The summed E-state index contributed by atoms with van der Waals surface area (Å²) >= 11 is 5.87. The van der Waals surface area contributed by atoms with Crippen molar-refractivity contribution in [3.8, 4) is 0 Å². The average molecular weight is 288 g/mol. The van der Waals surface area contributed by atoms with Crippen LogP contribution in [0.3, 0.4) is 0 Å². The van der Waals surface area contributed by atoms with Crippen molar-refractivity contribution in [3.63, 3.8) is 0 Å². The monoisotopic (exact) mass is 287 g/mol. The zero-order chi connectivity index (χ0) is 13.3. The first-order valence-corrected chi connectivity index (χ1v) is 8.02. The second-order valence-electron chi connectivity index (χ2n) is 5.03. The van der Waals surface area contributed by atoms with Gasteiger partial charge in [0, 0.05) is 17.6 Å². The lowest BCUT2D eigenvalue weighted by molar-refractivity contribution is 0.316. The average Bonchev–Trinajstić information content (AvgIpc) is 2.78. The van der Waals surface area contributed by atoms with Crippen LogP contribution >= 0.6 is 11.6 Å². The van der Waals surface area contributed by atoms with Crippen molar-refractivity contribution in [2.24, 2.45) is 5.92 Å². The van der Waals surface area contributed by atoms with Gasteiger partial charge in [0.05, 0.1) is 4.90 Å². The maximum absolute atomic E-state index is 12.6. The van der Waals surface area contributed by atoms with Crippen LogP contribution in [-0.4, -0.2) is 25.3 Å². The lowest BCUT2D eigenvalue weighted by Crippen LogP contribution is -2.38. The van der Waals surface area contributed by atoms with E-state index in [1.165, 1.54) is 6.07 Å². The molecule has 0 spiro atoms. The van der Waals surface area contributed by atoms with E-state index in [0.717, 1.165) is 12.8 Å². The van der Waals surface area contributed by atoms with Crippen LogP contribution in [0.25, 0.3) is 0 Å². The van der Waals surface area contributed by atoms with Crippen molar-refractivity contribution in [1.82, 2.24) is 4.31 Å². The minimum atomic E-state index is -3.41. The molecule has 0 bridgehead atoms. The summed E-state index contributed by atoms with van der Waals surface area (Å²) in [5, 5.41) is 0.455. The van der Waals surface area contributed by atoms with Crippen LogP contribution in [-0.2, 0) is 10.0 Å². The highest BCUT2D eigenvalue weighted by atomic mass is 35.5. The molecule has 1 aliphatic rings. The molecular formula is C13H18ClNO2S. The molecule has 1 unspecified atom stereocenters. The van der Waals surface area contributed by atoms with Gasteiger partial charge in [-0.15, -0.1) is 0 Å². The molecule has 18 heavy (non-hydrogen) atoms. The van der Waals surface area contributed by atoms with E-state index in [2.05, 4.69) is 13.8 Å². The Labute approximate surface area is 114 Å². The summed E-state index contributed by atoms with van der Waals surface area (Å²) in [6, 6.07) is 6.60. The first-order chi connectivity index (χ1) is 8.43. The van der Waals surface area contributed by atoms with Crippen LogP contribution in [0.1, 0.15) is 26.7 Å². The molecule has 0 radical (unpaired) electrons. The van der Waals surface area contributed by atoms with Gasteiger partial charge in [0.1, 0.15) is 0 Å². The minimum Gasteiger partial charge on any atom is -0.207 e. The lowest BCUT2D eigenvalue weighted by Gasteiger charge is -2.26. The fourth-order valence-electron chi connectivity index (χ4n) is 2.49. The van der Waals surface area contributed by atoms with E-state index in [-0.39, 0.29) is 6.04 Å². The van der Waals surface area contributed by atoms with Gasteiger partial charge in [0.15, 0.2) is 0 Å². The Balaban J connectivity index is 2.37. The molecule has 0 N–H and O–H groups in total. The SMILES string of the molecule is CC(C)C1CCCN1S(=O)(=O)c1cccc(Cl)c1. The van der Waals surface area contributed by atoms with Crippen molar-refractivity contribution in [1.29, 1.82) is 0 Å². The second-order valence-corrected chi connectivity index (χ2v) is 7.35. The molecule has 1 fully saturated rings. The summed E-state index contributed by atoms with van der Waals surface area (Å²) in [6.07, 6.45) is 1.88. The normalized spacial score (nSPS) is 21.7. The number of nitrogens with zero attached hydrogens (tertiary/aromatic N) is 1. The van der Waals surface area contributed by atoms with Gasteiger partial charge in [0.25, 0.3) is 0 Å². The smallest absolute Gasteiger partial charge is 0.207 e. The summed E-state index contributed by atoms with van der Waals surface area (Å²) in [5.74, 6) is 0.335. The molecule has 1 atom stereocenters. The van der Waals surface area contributed by atoms with Gasteiger partial charge >= 0.3 is 0 Å². The molecule has 1 heterocycles. The number of sulfonamides is 1. The number of halogens is 1. The highest BCUT2D eigenvalue weighted by Crippen LogP contribution is 2.30. The van der Waals surface area contributed by atoms with E-state index < -0.39 is 10.0 Å². The van der Waals surface area contributed by atoms with E-state index in [9.17, 15) is 8.42 Å². The van der Waals surface area contributed by atoms with Crippen molar-refractivity contribution in [3.05, 3.63) is 29.3 Å².